The van der Waals surface area contributed by atoms with Crippen LogP contribution in [-0.2, 0) is 28.9 Å². The lowest BCUT2D eigenvalue weighted by Crippen LogP contribution is -2.32. The molecule has 0 amide bonds. The number of nitrogens with zero attached hydrogens (tertiary/aromatic N) is 2. The number of aromatic nitrogens is 2. The molecule has 0 spiro atoms. The third-order valence-electron chi connectivity index (χ3n) is 5.87. The largest absolute Gasteiger partial charge is 0.460 e. The molecule has 0 bridgehead atoms. The van der Waals surface area contributed by atoms with Crippen molar-refractivity contribution in [2.45, 2.75) is 52.3 Å². The molecule has 1 heterocycles. The Morgan fingerprint density at radius 3 is 2.64 bits per heavy atom. The maximum absolute atomic E-state index is 13.5. The molecule has 172 valence electrons. The van der Waals surface area contributed by atoms with Crippen LogP contribution in [0.4, 0.5) is 5.82 Å². The first-order valence-electron chi connectivity index (χ1n) is 10.9. The number of carbonyl (C=O) groups excluding carboxylic acids is 1. The summed E-state index contributed by atoms with van der Waals surface area (Å²) in [6.45, 7) is 5.73. The number of hydrogen-bond donors (Lipinski definition) is 1. The van der Waals surface area contributed by atoms with E-state index in [0.717, 1.165) is 16.8 Å². The number of anilines is 1. The van der Waals surface area contributed by atoms with E-state index < -0.39 is 0 Å². The van der Waals surface area contributed by atoms with E-state index in [-0.39, 0.29) is 29.4 Å². The van der Waals surface area contributed by atoms with Crippen molar-refractivity contribution in [3.63, 3.8) is 0 Å². The molecule has 0 saturated heterocycles. The monoisotopic (exact) mass is 485 g/mol. The van der Waals surface area contributed by atoms with Gasteiger partial charge in [0.15, 0.2) is 0 Å². The summed E-state index contributed by atoms with van der Waals surface area (Å²) in [6.07, 6.45) is 0.820. The van der Waals surface area contributed by atoms with Crippen LogP contribution in [0.25, 0.3) is 11.3 Å². The number of esters is 1. The average Bonchev–Trinajstić information content (AvgIpc) is 3.11. The normalized spacial score (nSPS) is 17.0. The third-order valence-corrected chi connectivity index (χ3v) is 6.42. The van der Waals surface area contributed by atoms with Crippen molar-refractivity contribution in [3.8, 4) is 11.3 Å². The maximum Gasteiger partial charge on any atom is 0.302 e. The predicted octanol–water partition coefficient (Wildman–Crippen LogP) is 5.44. The molecule has 0 saturated carbocycles. The molecule has 2 aromatic carbocycles. The molecule has 1 unspecified atom stereocenters. The Balaban J connectivity index is 1.83. The first kappa shape index (κ1) is 23.3. The Hall–Kier alpha value is -2.83. The minimum Gasteiger partial charge on any atom is -0.460 e. The average molecular weight is 486 g/mol. The molecule has 1 aliphatic carbocycles. The quantitative estimate of drug-likeness (QED) is 0.470. The van der Waals surface area contributed by atoms with E-state index in [4.69, 9.17) is 32.9 Å². The van der Waals surface area contributed by atoms with Gasteiger partial charge in [-0.15, -0.1) is 0 Å². The Kier molecular flexibility index (Phi) is 6.77. The Morgan fingerprint density at radius 1 is 1.21 bits per heavy atom. The fraction of sp³-hybridized carbons (Fsp3) is 0.320. The highest BCUT2D eigenvalue weighted by molar-refractivity contribution is 6.36. The van der Waals surface area contributed by atoms with Crippen LogP contribution in [0.3, 0.4) is 0 Å². The minimum absolute atomic E-state index is 0.253. The van der Waals surface area contributed by atoms with Crippen molar-refractivity contribution < 1.29 is 9.53 Å². The first-order valence-corrected chi connectivity index (χ1v) is 11.7. The van der Waals surface area contributed by atoms with Gasteiger partial charge in [0, 0.05) is 30.5 Å². The molecular weight excluding hydrogens is 461 g/mol. The highest BCUT2D eigenvalue weighted by Gasteiger charge is 2.35. The summed E-state index contributed by atoms with van der Waals surface area (Å²) in [7, 11) is 0. The molecular formula is C25H25Cl2N3O3. The number of hydrogen-bond acceptors (Lipinski definition) is 5. The summed E-state index contributed by atoms with van der Waals surface area (Å²) in [6, 6.07) is 12.7. The van der Waals surface area contributed by atoms with E-state index in [2.05, 4.69) is 5.32 Å². The second-order valence-electron chi connectivity index (χ2n) is 7.96. The molecule has 4 rings (SSSR count). The molecule has 3 aromatic rings. The van der Waals surface area contributed by atoms with E-state index in [0.29, 0.717) is 40.8 Å². The van der Waals surface area contributed by atoms with Crippen molar-refractivity contribution in [1.82, 2.24) is 9.55 Å². The van der Waals surface area contributed by atoms with Gasteiger partial charge in [0.05, 0.1) is 16.8 Å². The van der Waals surface area contributed by atoms with Gasteiger partial charge in [0.25, 0.3) is 5.56 Å². The number of benzene rings is 2. The number of aryl methyl sites for hydroxylation is 1. The zero-order valence-electron chi connectivity index (χ0n) is 18.7. The summed E-state index contributed by atoms with van der Waals surface area (Å²) in [5, 5.41) is 4.37. The van der Waals surface area contributed by atoms with Gasteiger partial charge in [0.1, 0.15) is 17.6 Å². The maximum atomic E-state index is 13.5. The lowest BCUT2D eigenvalue weighted by atomic mass is 10.1. The molecule has 0 radical (unpaired) electrons. The summed E-state index contributed by atoms with van der Waals surface area (Å²) in [4.78, 5) is 30.0. The van der Waals surface area contributed by atoms with Gasteiger partial charge in [-0.1, -0.05) is 54.4 Å². The van der Waals surface area contributed by atoms with Gasteiger partial charge in [-0.05, 0) is 42.7 Å². The van der Waals surface area contributed by atoms with Crippen LogP contribution < -0.4 is 10.9 Å². The lowest BCUT2D eigenvalue weighted by molar-refractivity contribution is -0.146. The van der Waals surface area contributed by atoms with Crippen molar-refractivity contribution in [1.29, 1.82) is 0 Å². The van der Waals surface area contributed by atoms with Gasteiger partial charge in [-0.3, -0.25) is 14.2 Å². The molecule has 33 heavy (non-hydrogen) atoms. The van der Waals surface area contributed by atoms with Crippen LogP contribution in [0.2, 0.25) is 10.0 Å². The van der Waals surface area contributed by atoms with Gasteiger partial charge >= 0.3 is 5.97 Å². The first-order chi connectivity index (χ1) is 15.8. The number of halogens is 2. The van der Waals surface area contributed by atoms with E-state index in [9.17, 15) is 9.59 Å². The fourth-order valence-electron chi connectivity index (χ4n) is 4.39. The number of rotatable bonds is 6. The minimum atomic E-state index is -0.379. The number of carbonyl (C=O) groups is 1. The van der Waals surface area contributed by atoms with E-state index >= 15 is 0 Å². The lowest BCUT2D eigenvalue weighted by Gasteiger charge is -2.26. The van der Waals surface area contributed by atoms with E-state index in [1.807, 2.05) is 38.1 Å². The third kappa shape index (κ3) is 4.50. The Morgan fingerprint density at radius 2 is 1.97 bits per heavy atom. The highest BCUT2D eigenvalue weighted by atomic mass is 35.5. The predicted molar refractivity (Wildman–Crippen MR) is 131 cm³/mol. The van der Waals surface area contributed by atoms with Crippen molar-refractivity contribution in [2.24, 2.45) is 0 Å². The van der Waals surface area contributed by atoms with Crippen LogP contribution in [0, 0.1) is 0 Å². The Labute approximate surface area is 202 Å². The fourth-order valence-corrected chi connectivity index (χ4v) is 4.88. The molecule has 0 aliphatic heterocycles. The molecule has 0 fully saturated rings. The summed E-state index contributed by atoms with van der Waals surface area (Å²) in [5.41, 5.74) is 3.45. The SMILES string of the molecule is CCc1nc(-c2ccc(Cl)cc2Cl)c(=O)n(CC)c1NC1c2ccccc2C[C@@H]1OC(C)=O. The van der Waals surface area contributed by atoms with Gasteiger partial charge in [0.2, 0.25) is 0 Å². The van der Waals surface area contributed by atoms with Gasteiger partial charge < -0.3 is 10.1 Å². The highest BCUT2D eigenvalue weighted by Crippen LogP contribution is 2.37. The second-order valence-corrected chi connectivity index (χ2v) is 8.80. The molecule has 8 heteroatoms. The van der Waals surface area contributed by atoms with Crippen LogP contribution >= 0.6 is 23.2 Å². The van der Waals surface area contributed by atoms with Crippen LogP contribution in [0.15, 0.2) is 47.3 Å². The van der Waals surface area contributed by atoms with Gasteiger partial charge in [-0.25, -0.2) is 4.98 Å². The molecule has 2 atom stereocenters. The molecule has 6 nitrogen and oxygen atoms in total. The van der Waals surface area contributed by atoms with Crippen molar-refractivity contribution >= 4 is 35.0 Å². The topological polar surface area (TPSA) is 73.2 Å². The van der Waals surface area contributed by atoms with Crippen molar-refractivity contribution in [3.05, 3.63) is 79.7 Å². The number of ether oxygens (including phenoxy) is 1. The van der Waals surface area contributed by atoms with Gasteiger partial charge in [-0.2, -0.15) is 0 Å². The molecule has 1 N–H and O–H groups in total. The zero-order chi connectivity index (χ0) is 23.7. The molecule has 1 aromatic heterocycles. The summed E-state index contributed by atoms with van der Waals surface area (Å²) < 4.78 is 7.30. The van der Waals surface area contributed by atoms with Crippen LogP contribution in [0.5, 0.6) is 0 Å². The summed E-state index contributed by atoms with van der Waals surface area (Å²) >= 11 is 12.4. The number of fused-ring (bicyclic) bond motifs is 1. The van der Waals surface area contributed by atoms with Crippen molar-refractivity contribution in [2.75, 3.05) is 5.32 Å². The van der Waals surface area contributed by atoms with E-state index in [1.165, 1.54) is 6.92 Å². The second kappa shape index (κ2) is 9.57. The number of nitrogens with one attached hydrogen (secondary N) is 1. The standard InChI is InChI=1S/C25H25Cl2N3O3/c1-4-20-24(29-22-17-9-7-6-8-15(17)12-21(22)33-14(3)31)30(5-2)25(32)23(28-20)18-11-10-16(26)13-19(18)27/h6-11,13,21-22,29H,4-5,12H2,1-3H3/t21-,22?/m0/s1. The zero-order valence-corrected chi connectivity index (χ0v) is 20.2. The van der Waals surface area contributed by atoms with E-state index in [1.54, 1.807) is 22.8 Å². The Bertz CT molecular complexity index is 1270. The molecule has 1 aliphatic rings. The van der Waals surface area contributed by atoms with Crippen LogP contribution in [0.1, 0.15) is 43.6 Å². The van der Waals surface area contributed by atoms with Crippen LogP contribution in [-0.4, -0.2) is 21.6 Å². The summed E-state index contributed by atoms with van der Waals surface area (Å²) in [5.74, 6) is 0.284. The smallest absolute Gasteiger partial charge is 0.302 e.